The van der Waals surface area contributed by atoms with Crippen LogP contribution in [0.4, 0.5) is 0 Å². The molecule has 36 heavy (non-hydrogen) atoms. The van der Waals surface area contributed by atoms with Gasteiger partial charge in [0, 0.05) is 17.3 Å². The number of carbonyl (C=O) groups is 2. The summed E-state index contributed by atoms with van der Waals surface area (Å²) in [7, 11) is 0. The summed E-state index contributed by atoms with van der Waals surface area (Å²) in [6.07, 6.45) is 2.50. The maximum Gasteiger partial charge on any atom is 0.358 e. The molecule has 1 aliphatic carbocycles. The first-order valence-corrected chi connectivity index (χ1v) is 11.6. The molecule has 4 N–H and O–H groups in total. The van der Waals surface area contributed by atoms with E-state index in [1.165, 1.54) is 5.56 Å². The van der Waals surface area contributed by atoms with Gasteiger partial charge in [-0.3, -0.25) is 15.0 Å². The number of ether oxygens (including phenoxy) is 2. The van der Waals surface area contributed by atoms with E-state index in [1.807, 2.05) is 38.1 Å². The second-order valence-corrected chi connectivity index (χ2v) is 8.89. The van der Waals surface area contributed by atoms with Gasteiger partial charge < -0.3 is 15.2 Å². The highest BCUT2D eigenvalue weighted by Crippen LogP contribution is 2.40. The fourth-order valence-electron chi connectivity index (χ4n) is 4.15. The number of aromatic nitrogens is 6. The van der Waals surface area contributed by atoms with Crippen LogP contribution < -0.4 is 5.73 Å². The first-order chi connectivity index (χ1) is 17.4. The molecular weight excluding hydrogens is 462 g/mol. The van der Waals surface area contributed by atoms with Crippen LogP contribution >= 0.6 is 0 Å². The van der Waals surface area contributed by atoms with Gasteiger partial charge in [-0.1, -0.05) is 48.5 Å². The minimum Gasteiger partial charge on any atom is -0.461 e. The van der Waals surface area contributed by atoms with E-state index < -0.39 is 18.0 Å². The molecule has 0 spiro atoms. The van der Waals surface area contributed by atoms with E-state index in [9.17, 15) is 9.59 Å². The molecule has 11 nitrogen and oxygen atoms in total. The number of carbonyl (C=O) groups excluding carboxylic acids is 2. The molecule has 0 saturated carbocycles. The predicted octanol–water partition coefficient (Wildman–Crippen LogP) is 2.51. The molecule has 11 heteroatoms. The lowest BCUT2D eigenvalue weighted by Crippen LogP contribution is -2.37. The lowest BCUT2D eigenvalue weighted by Gasteiger charge is -2.14. The van der Waals surface area contributed by atoms with Gasteiger partial charge in [-0.05, 0) is 46.7 Å². The van der Waals surface area contributed by atoms with Crippen molar-refractivity contribution < 1.29 is 19.1 Å². The van der Waals surface area contributed by atoms with Gasteiger partial charge in [0.05, 0.1) is 0 Å². The highest BCUT2D eigenvalue weighted by atomic mass is 16.6. The molecule has 5 rings (SSSR count). The van der Waals surface area contributed by atoms with Crippen LogP contribution in [0, 0.1) is 5.92 Å². The number of H-pyrrole nitrogens is 2. The number of rotatable bonds is 8. The highest BCUT2D eigenvalue weighted by molar-refractivity contribution is 5.94. The number of benzene rings is 2. The SMILES string of the molecule is CC(C)C(N)C(=O)OCCOC(=O)c1[nH]nnc1-c1ccc2c(c1)Cc1cc(-c3c[nH]nn3)ccc1-2. The molecule has 4 aromatic rings. The summed E-state index contributed by atoms with van der Waals surface area (Å²) in [5, 5.41) is 21.1. The highest BCUT2D eigenvalue weighted by Gasteiger charge is 2.24. The first-order valence-electron chi connectivity index (χ1n) is 11.6. The van der Waals surface area contributed by atoms with Crippen molar-refractivity contribution in [1.29, 1.82) is 0 Å². The summed E-state index contributed by atoms with van der Waals surface area (Å²) in [5.41, 5.74) is 13.4. The topological polar surface area (TPSA) is 162 Å². The van der Waals surface area contributed by atoms with Crippen molar-refractivity contribution in [2.24, 2.45) is 11.7 Å². The average molecular weight is 488 g/mol. The smallest absolute Gasteiger partial charge is 0.358 e. The van der Waals surface area contributed by atoms with E-state index in [1.54, 1.807) is 6.20 Å². The Balaban J connectivity index is 1.27. The number of esters is 2. The van der Waals surface area contributed by atoms with E-state index in [4.69, 9.17) is 15.2 Å². The van der Waals surface area contributed by atoms with Crippen LogP contribution in [0.3, 0.4) is 0 Å². The molecule has 2 heterocycles. The van der Waals surface area contributed by atoms with Gasteiger partial charge in [0.25, 0.3) is 0 Å². The Hall–Kier alpha value is -4.38. The number of nitrogens with one attached hydrogen (secondary N) is 2. The van der Waals surface area contributed by atoms with Crippen LogP contribution in [-0.4, -0.2) is 62.0 Å². The largest absolute Gasteiger partial charge is 0.461 e. The summed E-state index contributed by atoms with van der Waals surface area (Å²) in [4.78, 5) is 24.5. The summed E-state index contributed by atoms with van der Waals surface area (Å²) < 4.78 is 10.3. The quantitative estimate of drug-likeness (QED) is 0.220. The Bertz CT molecular complexity index is 1410. The van der Waals surface area contributed by atoms with Crippen LogP contribution in [0.5, 0.6) is 0 Å². The van der Waals surface area contributed by atoms with E-state index >= 15 is 0 Å². The van der Waals surface area contributed by atoms with Crippen molar-refractivity contribution in [3.63, 3.8) is 0 Å². The minimum absolute atomic E-state index is 0.0470. The Labute approximate surface area is 206 Å². The molecular formula is C25H25N7O4. The molecule has 0 amide bonds. The minimum atomic E-state index is -0.719. The van der Waals surface area contributed by atoms with Crippen molar-refractivity contribution in [3.8, 4) is 33.6 Å². The van der Waals surface area contributed by atoms with Crippen molar-refractivity contribution in [2.75, 3.05) is 13.2 Å². The first kappa shape index (κ1) is 23.4. The van der Waals surface area contributed by atoms with Crippen LogP contribution in [0.25, 0.3) is 33.6 Å². The number of hydrogen-bond donors (Lipinski definition) is 3. The fourth-order valence-corrected chi connectivity index (χ4v) is 4.15. The standard InChI is InChI=1S/C25H25N7O4/c1-13(2)21(26)24(33)35-7-8-36-25(34)23-22(29-32-30-23)15-4-6-19-17(10-15)11-16-9-14(3-5-18(16)19)20-12-27-31-28-20/h3-6,9-10,12-13,21H,7-8,11,26H2,1-2H3,(H,27,28,31)(H,29,30,32). The normalized spacial score (nSPS) is 12.8. The predicted molar refractivity (Wildman–Crippen MR) is 129 cm³/mol. The van der Waals surface area contributed by atoms with E-state index in [0.717, 1.165) is 39.9 Å². The van der Waals surface area contributed by atoms with Gasteiger partial charge in [0.1, 0.15) is 30.6 Å². The third-order valence-corrected chi connectivity index (χ3v) is 6.17. The van der Waals surface area contributed by atoms with Crippen molar-refractivity contribution >= 4 is 11.9 Å². The maximum absolute atomic E-state index is 12.6. The Morgan fingerprint density at radius 2 is 1.67 bits per heavy atom. The van der Waals surface area contributed by atoms with E-state index in [2.05, 4.69) is 43.0 Å². The average Bonchev–Trinajstić information content (AvgIpc) is 3.64. The zero-order chi connectivity index (χ0) is 25.2. The summed E-state index contributed by atoms with van der Waals surface area (Å²) >= 11 is 0. The van der Waals surface area contributed by atoms with Crippen LogP contribution in [0.2, 0.25) is 0 Å². The lowest BCUT2D eigenvalue weighted by molar-refractivity contribution is -0.147. The molecule has 2 aromatic carbocycles. The molecule has 0 fully saturated rings. The van der Waals surface area contributed by atoms with Gasteiger partial charge in [-0.15, -0.1) is 10.2 Å². The molecule has 0 radical (unpaired) electrons. The third kappa shape index (κ3) is 4.48. The molecule has 1 unspecified atom stereocenters. The number of aromatic amines is 2. The Morgan fingerprint density at radius 1 is 0.972 bits per heavy atom. The molecule has 0 saturated heterocycles. The van der Waals surface area contributed by atoms with Crippen LogP contribution in [0.15, 0.2) is 42.6 Å². The second kappa shape index (κ2) is 9.70. The zero-order valence-electron chi connectivity index (χ0n) is 19.8. The monoisotopic (exact) mass is 487 g/mol. The lowest BCUT2D eigenvalue weighted by atomic mass is 10.0. The maximum atomic E-state index is 12.6. The van der Waals surface area contributed by atoms with Crippen LogP contribution in [0.1, 0.15) is 35.5 Å². The second-order valence-electron chi connectivity index (χ2n) is 8.89. The van der Waals surface area contributed by atoms with E-state index in [-0.39, 0.29) is 24.8 Å². The summed E-state index contributed by atoms with van der Waals surface area (Å²) in [6, 6.07) is 11.5. The Kier molecular flexibility index (Phi) is 6.30. The van der Waals surface area contributed by atoms with Crippen molar-refractivity contribution in [1.82, 2.24) is 30.8 Å². The number of fused-ring (bicyclic) bond motifs is 3. The molecule has 1 atom stereocenters. The van der Waals surface area contributed by atoms with Crippen molar-refractivity contribution in [3.05, 3.63) is 59.4 Å². The number of nitrogens with two attached hydrogens (primary N) is 1. The zero-order valence-corrected chi connectivity index (χ0v) is 19.8. The molecule has 1 aliphatic rings. The van der Waals surface area contributed by atoms with Gasteiger partial charge in [0.2, 0.25) is 0 Å². The fraction of sp³-hybridized carbons (Fsp3) is 0.280. The van der Waals surface area contributed by atoms with Crippen LogP contribution in [-0.2, 0) is 20.7 Å². The molecule has 2 aromatic heterocycles. The van der Waals surface area contributed by atoms with Gasteiger partial charge in [-0.25, -0.2) is 4.79 Å². The third-order valence-electron chi connectivity index (χ3n) is 6.17. The summed E-state index contributed by atoms with van der Waals surface area (Å²) in [6.45, 7) is 3.45. The van der Waals surface area contributed by atoms with Crippen molar-refractivity contribution in [2.45, 2.75) is 26.3 Å². The number of hydrogen-bond acceptors (Lipinski definition) is 9. The number of nitrogens with zero attached hydrogens (tertiary/aromatic N) is 4. The molecule has 184 valence electrons. The summed E-state index contributed by atoms with van der Waals surface area (Å²) in [5.74, 6) is -1.22. The van der Waals surface area contributed by atoms with E-state index in [0.29, 0.717) is 5.69 Å². The molecule has 0 aliphatic heterocycles. The Morgan fingerprint density at radius 3 is 2.36 bits per heavy atom. The van der Waals surface area contributed by atoms with Gasteiger partial charge in [-0.2, -0.15) is 0 Å². The van der Waals surface area contributed by atoms with Gasteiger partial charge in [0.15, 0.2) is 5.69 Å². The molecule has 0 bridgehead atoms. The van der Waals surface area contributed by atoms with Gasteiger partial charge >= 0.3 is 11.9 Å².